The first-order chi connectivity index (χ1) is 7.15. The lowest BCUT2D eigenvalue weighted by Crippen LogP contribution is -2.46. The fraction of sp³-hybridized carbons (Fsp3) is 0.818. The summed E-state index contributed by atoms with van der Waals surface area (Å²) in [4.78, 5) is 22.6. The molecular weight excluding hydrogens is 192 g/mol. The summed E-state index contributed by atoms with van der Waals surface area (Å²) in [5.41, 5.74) is 5.32. The molecule has 2 atom stereocenters. The number of rotatable bonds is 4. The standard InChI is InChI=1S/C11H20N2O2/c1-2-5-10(14)13-9-7-4-3-6-8(9)11(12)15/h8-9H,2-7H2,1H3,(H2,12,15)(H,13,14)/t8-,9+/m0/s1. The molecule has 1 fully saturated rings. The molecule has 0 unspecified atom stereocenters. The van der Waals surface area contributed by atoms with Gasteiger partial charge in [-0.3, -0.25) is 9.59 Å². The Morgan fingerprint density at radius 3 is 2.60 bits per heavy atom. The summed E-state index contributed by atoms with van der Waals surface area (Å²) in [7, 11) is 0. The van der Waals surface area contributed by atoms with E-state index in [-0.39, 0.29) is 23.8 Å². The molecule has 4 nitrogen and oxygen atoms in total. The maximum Gasteiger partial charge on any atom is 0.222 e. The van der Waals surface area contributed by atoms with Gasteiger partial charge in [0.15, 0.2) is 0 Å². The van der Waals surface area contributed by atoms with Crippen LogP contribution in [-0.2, 0) is 9.59 Å². The molecule has 0 aromatic rings. The van der Waals surface area contributed by atoms with Crippen LogP contribution in [0.5, 0.6) is 0 Å². The van der Waals surface area contributed by atoms with Gasteiger partial charge in [-0.25, -0.2) is 0 Å². The highest BCUT2D eigenvalue weighted by Crippen LogP contribution is 2.24. The first-order valence-electron chi connectivity index (χ1n) is 5.73. The molecule has 1 saturated carbocycles. The predicted molar refractivity (Wildman–Crippen MR) is 58.0 cm³/mol. The number of nitrogens with two attached hydrogens (primary N) is 1. The Balaban J connectivity index is 2.49. The third-order valence-electron chi connectivity index (χ3n) is 2.95. The normalized spacial score (nSPS) is 25.9. The van der Waals surface area contributed by atoms with Gasteiger partial charge < -0.3 is 11.1 Å². The smallest absolute Gasteiger partial charge is 0.222 e. The lowest BCUT2D eigenvalue weighted by Gasteiger charge is -2.29. The number of primary amides is 1. The molecule has 1 aliphatic carbocycles. The second kappa shape index (κ2) is 5.73. The molecule has 0 bridgehead atoms. The third kappa shape index (κ3) is 3.53. The zero-order valence-corrected chi connectivity index (χ0v) is 9.29. The minimum atomic E-state index is -0.281. The summed E-state index contributed by atoms with van der Waals surface area (Å²) in [6, 6.07) is -0.0321. The molecule has 15 heavy (non-hydrogen) atoms. The Morgan fingerprint density at radius 2 is 2.00 bits per heavy atom. The number of nitrogens with one attached hydrogen (secondary N) is 1. The van der Waals surface area contributed by atoms with Crippen LogP contribution in [0.1, 0.15) is 45.4 Å². The Kier molecular flexibility index (Phi) is 4.59. The van der Waals surface area contributed by atoms with Gasteiger partial charge in [-0.1, -0.05) is 19.8 Å². The van der Waals surface area contributed by atoms with Crippen LogP contribution in [0.15, 0.2) is 0 Å². The van der Waals surface area contributed by atoms with Crippen LogP contribution in [0.4, 0.5) is 0 Å². The summed E-state index contributed by atoms with van der Waals surface area (Å²) in [5, 5.41) is 2.91. The lowest BCUT2D eigenvalue weighted by molar-refractivity contribution is -0.126. The molecule has 2 amide bonds. The minimum absolute atomic E-state index is 0.0321. The van der Waals surface area contributed by atoms with Gasteiger partial charge >= 0.3 is 0 Å². The second-order valence-corrected chi connectivity index (χ2v) is 4.22. The molecule has 0 aromatic carbocycles. The highest BCUT2D eigenvalue weighted by molar-refractivity contribution is 5.80. The number of carbonyl (C=O) groups excluding carboxylic acids is 2. The minimum Gasteiger partial charge on any atom is -0.369 e. The van der Waals surface area contributed by atoms with Crippen LogP contribution in [0.2, 0.25) is 0 Å². The fourth-order valence-corrected chi connectivity index (χ4v) is 2.15. The molecule has 86 valence electrons. The van der Waals surface area contributed by atoms with Crippen molar-refractivity contribution in [3.8, 4) is 0 Å². The molecule has 0 aromatic heterocycles. The quantitative estimate of drug-likeness (QED) is 0.728. The molecule has 1 aliphatic rings. The fourth-order valence-electron chi connectivity index (χ4n) is 2.15. The number of hydrogen-bond donors (Lipinski definition) is 2. The van der Waals surface area contributed by atoms with Crippen molar-refractivity contribution in [1.82, 2.24) is 5.32 Å². The van der Waals surface area contributed by atoms with E-state index in [4.69, 9.17) is 5.73 Å². The van der Waals surface area contributed by atoms with Crippen LogP contribution in [0.25, 0.3) is 0 Å². The number of amides is 2. The Labute approximate surface area is 90.6 Å². The van der Waals surface area contributed by atoms with E-state index in [1.165, 1.54) is 0 Å². The lowest BCUT2D eigenvalue weighted by atomic mass is 9.84. The molecule has 4 heteroatoms. The predicted octanol–water partition coefficient (Wildman–Crippen LogP) is 0.947. The second-order valence-electron chi connectivity index (χ2n) is 4.22. The van der Waals surface area contributed by atoms with Crippen LogP contribution in [0.3, 0.4) is 0 Å². The van der Waals surface area contributed by atoms with Gasteiger partial charge in [0.05, 0.1) is 5.92 Å². The first-order valence-corrected chi connectivity index (χ1v) is 5.73. The number of hydrogen-bond acceptors (Lipinski definition) is 2. The van der Waals surface area contributed by atoms with Crippen molar-refractivity contribution < 1.29 is 9.59 Å². The Morgan fingerprint density at radius 1 is 1.33 bits per heavy atom. The van der Waals surface area contributed by atoms with E-state index in [0.29, 0.717) is 6.42 Å². The van der Waals surface area contributed by atoms with E-state index in [2.05, 4.69) is 5.32 Å². The monoisotopic (exact) mass is 212 g/mol. The molecule has 0 aliphatic heterocycles. The summed E-state index contributed by atoms with van der Waals surface area (Å²) < 4.78 is 0. The largest absolute Gasteiger partial charge is 0.369 e. The van der Waals surface area contributed by atoms with E-state index in [1.807, 2.05) is 6.92 Å². The Hall–Kier alpha value is -1.06. The summed E-state index contributed by atoms with van der Waals surface area (Å²) in [6.07, 6.45) is 5.16. The molecule has 0 saturated heterocycles. The maximum atomic E-state index is 11.4. The Bertz CT molecular complexity index is 241. The number of carbonyl (C=O) groups is 2. The highest BCUT2D eigenvalue weighted by atomic mass is 16.2. The molecule has 3 N–H and O–H groups in total. The van der Waals surface area contributed by atoms with Crippen LogP contribution in [-0.4, -0.2) is 17.9 Å². The van der Waals surface area contributed by atoms with Crippen molar-refractivity contribution in [3.63, 3.8) is 0 Å². The summed E-state index contributed by atoms with van der Waals surface area (Å²) >= 11 is 0. The van der Waals surface area contributed by atoms with Crippen molar-refractivity contribution in [2.45, 2.75) is 51.5 Å². The van der Waals surface area contributed by atoms with Crippen molar-refractivity contribution >= 4 is 11.8 Å². The SMILES string of the molecule is CCCC(=O)N[C@@H]1CCCC[C@@H]1C(N)=O. The van der Waals surface area contributed by atoms with Gasteiger partial charge in [-0.15, -0.1) is 0 Å². The van der Waals surface area contributed by atoms with Crippen molar-refractivity contribution in [3.05, 3.63) is 0 Å². The average Bonchev–Trinajstić information content (AvgIpc) is 2.18. The molecule has 0 radical (unpaired) electrons. The van der Waals surface area contributed by atoms with Crippen molar-refractivity contribution in [2.24, 2.45) is 11.7 Å². The highest BCUT2D eigenvalue weighted by Gasteiger charge is 2.30. The maximum absolute atomic E-state index is 11.4. The van der Waals surface area contributed by atoms with Gasteiger partial charge in [0.25, 0.3) is 0 Å². The zero-order chi connectivity index (χ0) is 11.3. The molecule has 1 rings (SSSR count). The van der Waals surface area contributed by atoms with Crippen LogP contribution < -0.4 is 11.1 Å². The molecular formula is C11H20N2O2. The van der Waals surface area contributed by atoms with E-state index in [1.54, 1.807) is 0 Å². The average molecular weight is 212 g/mol. The zero-order valence-electron chi connectivity index (χ0n) is 9.29. The van der Waals surface area contributed by atoms with Gasteiger partial charge in [0.1, 0.15) is 0 Å². The van der Waals surface area contributed by atoms with E-state index < -0.39 is 0 Å². The van der Waals surface area contributed by atoms with Crippen LogP contribution in [0, 0.1) is 5.92 Å². The topological polar surface area (TPSA) is 72.2 Å². The summed E-state index contributed by atoms with van der Waals surface area (Å²) in [6.45, 7) is 1.96. The first kappa shape index (κ1) is 12.0. The summed E-state index contributed by atoms with van der Waals surface area (Å²) in [5.74, 6) is -0.410. The van der Waals surface area contributed by atoms with Gasteiger partial charge in [0, 0.05) is 12.5 Å². The van der Waals surface area contributed by atoms with Gasteiger partial charge in [-0.2, -0.15) is 0 Å². The van der Waals surface area contributed by atoms with Crippen LogP contribution >= 0.6 is 0 Å². The van der Waals surface area contributed by atoms with Gasteiger partial charge in [-0.05, 0) is 19.3 Å². The third-order valence-corrected chi connectivity index (χ3v) is 2.95. The van der Waals surface area contributed by atoms with E-state index in [9.17, 15) is 9.59 Å². The molecule has 0 spiro atoms. The van der Waals surface area contributed by atoms with E-state index in [0.717, 1.165) is 32.1 Å². The van der Waals surface area contributed by atoms with Crippen molar-refractivity contribution in [2.75, 3.05) is 0 Å². The van der Waals surface area contributed by atoms with E-state index >= 15 is 0 Å². The van der Waals surface area contributed by atoms with Crippen molar-refractivity contribution in [1.29, 1.82) is 0 Å². The molecule has 0 heterocycles. The van der Waals surface area contributed by atoms with Gasteiger partial charge in [0.2, 0.25) is 11.8 Å².